The highest BCUT2D eigenvalue weighted by Crippen LogP contribution is 2.39. The van der Waals surface area contributed by atoms with Crippen molar-refractivity contribution in [1.82, 2.24) is 10.4 Å². The molecule has 0 aliphatic heterocycles. The molecule has 0 unspecified atom stereocenters. The molecule has 7 heteroatoms. The average Bonchev–Trinajstić information content (AvgIpc) is 2.95. The van der Waals surface area contributed by atoms with Gasteiger partial charge in [-0.1, -0.05) is 78.9 Å². The summed E-state index contributed by atoms with van der Waals surface area (Å²) in [6.07, 6.45) is -1.50. The molecular formula is C32H29F3N4. The molecule has 0 saturated carbocycles. The smallest absolute Gasteiger partial charge is 0.381 e. The number of rotatable bonds is 9. The highest BCUT2D eigenvalue weighted by molar-refractivity contribution is 5.98. The Morgan fingerprint density at radius 1 is 0.769 bits per heavy atom. The van der Waals surface area contributed by atoms with E-state index in [-0.39, 0.29) is 5.52 Å². The normalized spacial score (nSPS) is 11.6. The van der Waals surface area contributed by atoms with Crippen molar-refractivity contribution in [3.05, 3.63) is 131 Å². The summed E-state index contributed by atoms with van der Waals surface area (Å²) >= 11 is 0. The van der Waals surface area contributed by atoms with Crippen LogP contribution in [0, 0.1) is 0 Å². The Morgan fingerprint density at radius 3 is 2.26 bits per heavy atom. The van der Waals surface area contributed by atoms with Gasteiger partial charge in [0.05, 0.1) is 11.1 Å². The Kier molecular flexibility index (Phi) is 7.91. The van der Waals surface area contributed by atoms with Crippen molar-refractivity contribution in [3.63, 3.8) is 0 Å². The van der Waals surface area contributed by atoms with Gasteiger partial charge in [0.2, 0.25) is 0 Å². The van der Waals surface area contributed by atoms with Crippen LogP contribution in [0.1, 0.15) is 27.8 Å². The molecule has 5 rings (SSSR count). The van der Waals surface area contributed by atoms with Crippen LogP contribution in [0.25, 0.3) is 22.0 Å². The maximum Gasteiger partial charge on any atom is 0.418 e. The Morgan fingerprint density at radius 2 is 1.51 bits per heavy atom. The number of hydrogen-bond acceptors (Lipinski definition) is 4. The van der Waals surface area contributed by atoms with Gasteiger partial charge in [0.25, 0.3) is 0 Å². The van der Waals surface area contributed by atoms with E-state index in [0.717, 1.165) is 46.0 Å². The Hall–Kier alpha value is -4.20. The zero-order valence-corrected chi connectivity index (χ0v) is 21.3. The third-order valence-electron chi connectivity index (χ3n) is 6.75. The van der Waals surface area contributed by atoms with Crippen molar-refractivity contribution in [2.75, 3.05) is 11.9 Å². The van der Waals surface area contributed by atoms with E-state index >= 15 is 0 Å². The van der Waals surface area contributed by atoms with Gasteiger partial charge in [-0.15, -0.1) is 0 Å². The van der Waals surface area contributed by atoms with Crippen LogP contribution in [-0.4, -0.2) is 11.5 Å². The number of aromatic nitrogens is 1. The fraction of sp³-hybridized carbons (Fsp3) is 0.156. The van der Waals surface area contributed by atoms with E-state index in [2.05, 4.69) is 40.0 Å². The van der Waals surface area contributed by atoms with Crippen molar-refractivity contribution in [2.24, 2.45) is 5.84 Å². The minimum absolute atomic E-state index is 0.0416. The first-order valence-electron chi connectivity index (χ1n) is 12.8. The fourth-order valence-electron chi connectivity index (χ4n) is 4.81. The molecule has 39 heavy (non-hydrogen) atoms. The van der Waals surface area contributed by atoms with E-state index in [1.165, 1.54) is 11.6 Å². The lowest BCUT2D eigenvalue weighted by Crippen LogP contribution is -2.24. The van der Waals surface area contributed by atoms with Crippen LogP contribution in [-0.2, 0) is 25.6 Å². The van der Waals surface area contributed by atoms with Gasteiger partial charge in [-0.25, -0.2) is 0 Å². The molecule has 0 radical (unpaired) electrons. The molecule has 0 amide bonds. The average molecular weight is 527 g/mol. The lowest BCUT2D eigenvalue weighted by atomic mass is 9.91. The first-order valence-corrected chi connectivity index (χ1v) is 12.8. The second kappa shape index (κ2) is 11.7. The van der Waals surface area contributed by atoms with Crippen LogP contribution in [0.3, 0.4) is 0 Å². The number of alkyl halides is 3. The molecule has 0 bridgehead atoms. The number of nitrogens with two attached hydrogens (primary N) is 1. The number of halogens is 3. The molecule has 1 aromatic heterocycles. The standard InChI is InChI=1S/C32H29F3N4/c33-32(34,35)29-11-5-10-28-30(26(21-38-31(28)29)18-23-6-2-1-3-7-23)25-8-4-9-27(19-25)37-20-24-14-12-22(13-15-24)16-17-39-36/h1-15,19,21,37,39H,16-18,20,36H2. The molecule has 0 saturated heterocycles. The quantitative estimate of drug-likeness (QED) is 0.141. The van der Waals surface area contributed by atoms with E-state index in [1.807, 2.05) is 54.6 Å². The minimum Gasteiger partial charge on any atom is -0.381 e. The molecule has 0 fully saturated rings. The van der Waals surface area contributed by atoms with Crippen LogP contribution >= 0.6 is 0 Å². The third kappa shape index (κ3) is 6.28. The molecule has 0 atom stereocenters. The molecule has 4 nitrogen and oxygen atoms in total. The second-order valence-electron chi connectivity index (χ2n) is 9.48. The molecule has 0 aliphatic rings. The van der Waals surface area contributed by atoms with Crippen LogP contribution in [0.5, 0.6) is 0 Å². The number of nitrogens with zero attached hydrogens (tertiary/aromatic N) is 1. The summed E-state index contributed by atoms with van der Waals surface area (Å²) in [5, 5.41) is 3.94. The topological polar surface area (TPSA) is 63.0 Å². The minimum atomic E-state index is -4.50. The number of benzene rings is 4. The van der Waals surface area contributed by atoms with E-state index in [9.17, 15) is 13.2 Å². The molecule has 1 heterocycles. The number of hydrogen-bond donors (Lipinski definition) is 3. The van der Waals surface area contributed by atoms with Gasteiger partial charge in [-0.05, 0) is 64.4 Å². The Balaban J connectivity index is 1.50. The monoisotopic (exact) mass is 526 g/mol. The van der Waals surface area contributed by atoms with Crippen molar-refractivity contribution in [2.45, 2.75) is 25.6 Å². The zero-order valence-electron chi connectivity index (χ0n) is 21.3. The largest absolute Gasteiger partial charge is 0.418 e. The summed E-state index contributed by atoms with van der Waals surface area (Å²) in [6, 6.07) is 30.3. The Bertz CT molecular complexity index is 1550. The van der Waals surface area contributed by atoms with Gasteiger partial charge >= 0.3 is 6.18 Å². The summed E-state index contributed by atoms with van der Waals surface area (Å²) in [4.78, 5) is 4.31. The van der Waals surface area contributed by atoms with Gasteiger partial charge in [0.15, 0.2) is 0 Å². The van der Waals surface area contributed by atoms with Crippen molar-refractivity contribution in [3.8, 4) is 11.1 Å². The van der Waals surface area contributed by atoms with E-state index in [0.29, 0.717) is 24.9 Å². The van der Waals surface area contributed by atoms with Gasteiger partial charge in [0.1, 0.15) is 0 Å². The predicted molar refractivity (Wildman–Crippen MR) is 151 cm³/mol. The number of fused-ring (bicyclic) bond motifs is 1. The van der Waals surface area contributed by atoms with Gasteiger partial charge in [-0.3, -0.25) is 16.3 Å². The molecule has 198 valence electrons. The number of pyridine rings is 1. The lowest BCUT2D eigenvalue weighted by Gasteiger charge is -2.17. The van der Waals surface area contributed by atoms with Gasteiger partial charge < -0.3 is 5.32 Å². The molecule has 5 aromatic rings. The summed E-state index contributed by atoms with van der Waals surface area (Å²) in [7, 11) is 0. The summed E-state index contributed by atoms with van der Waals surface area (Å²) < 4.78 is 41.6. The summed E-state index contributed by atoms with van der Waals surface area (Å²) in [5.41, 5.74) is 8.62. The number of para-hydroxylation sites is 1. The van der Waals surface area contributed by atoms with Gasteiger partial charge in [0, 0.05) is 30.4 Å². The van der Waals surface area contributed by atoms with E-state index in [1.54, 1.807) is 12.3 Å². The molecule has 0 aliphatic carbocycles. The fourth-order valence-corrected chi connectivity index (χ4v) is 4.81. The van der Waals surface area contributed by atoms with E-state index in [4.69, 9.17) is 5.84 Å². The van der Waals surface area contributed by atoms with Crippen LogP contribution in [0.15, 0.2) is 103 Å². The zero-order chi connectivity index (χ0) is 27.2. The molecule has 0 spiro atoms. The second-order valence-corrected chi connectivity index (χ2v) is 9.48. The van der Waals surface area contributed by atoms with Crippen molar-refractivity contribution < 1.29 is 13.2 Å². The first-order chi connectivity index (χ1) is 18.9. The SMILES string of the molecule is NNCCc1ccc(CNc2cccc(-c3c(Cc4ccccc4)cnc4c(C(F)(F)F)cccc34)c2)cc1. The summed E-state index contributed by atoms with van der Waals surface area (Å²) in [5.74, 6) is 5.36. The van der Waals surface area contributed by atoms with Gasteiger partial charge in [-0.2, -0.15) is 13.2 Å². The number of hydrazine groups is 1. The number of nitrogens with one attached hydrogen (secondary N) is 2. The van der Waals surface area contributed by atoms with Crippen molar-refractivity contribution in [1.29, 1.82) is 0 Å². The predicted octanol–water partition coefficient (Wildman–Crippen LogP) is 7.13. The molecular weight excluding hydrogens is 497 g/mol. The van der Waals surface area contributed by atoms with Crippen LogP contribution < -0.4 is 16.6 Å². The molecule has 4 N–H and O–H groups in total. The third-order valence-corrected chi connectivity index (χ3v) is 6.75. The maximum atomic E-state index is 13.9. The highest BCUT2D eigenvalue weighted by Gasteiger charge is 2.33. The Labute approximate surface area is 225 Å². The molecule has 4 aromatic carbocycles. The van der Waals surface area contributed by atoms with E-state index < -0.39 is 11.7 Å². The van der Waals surface area contributed by atoms with Crippen LogP contribution in [0.4, 0.5) is 18.9 Å². The highest BCUT2D eigenvalue weighted by atomic mass is 19.4. The van der Waals surface area contributed by atoms with Crippen LogP contribution in [0.2, 0.25) is 0 Å². The van der Waals surface area contributed by atoms with Crippen molar-refractivity contribution >= 4 is 16.6 Å². The number of anilines is 1. The summed E-state index contributed by atoms with van der Waals surface area (Å²) in [6.45, 7) is 1.33. The first kappa shape index (κ1) is 26.4. The maximum absolute atomic E-state index is 13.9. The lowest BCUT2D eigenvalue weighted by molar-refractivity contribution is -0.136.